The summed E-state index contributed by atoms with van der Waals surface area (Å²) in [6.07, 6.45) is 0. The molecule has 0 spiro atoms. The number of nitrogen functional groups attached to an aromatic ring is 1. The van der Waals surface area contributed by atoms with E-state index >= 15 is 0 Å². The Bertz CT molecular complexity index is 726. The summed E-state index contributed by atoms with van der Waals surface area (Å²) in [5.41, 5.74) is 7.37. The fourth-order valence-electron chi connectivity index (χ4n) is 1.68. The third-order valence-electron chi connectivity index (χ3n) is 2.69. The topological polar surface area (TPSA) is 66.9 Å². The molecule has 0 fully saturated rings. The van der Waals surface area contributed by atoms with Crippen LogP contribution in [-0.4, -0.2) is 4.21 Å². The zero-order chi connectivity index (χ0) is 14.7. The van der Waals surface area contributed by atoms with Crippen LogP contribution in [-0.2, 0) is 16.6 Å². The van der Waals surface area contributed by atoms with Crippen LogP contribution in [0.4, 0.5) is 5.69 Å². The predicted octanol–water partition coefficient (Wildman–Crippen LogP) is 3.76. The molecule has 0 aliphatic heterocycles. The van der Waals surface area contributed by atoms with Gasteiger partial charge in [-0.3, -0.25) is 4.21 Å². The first-order chi connectivity index (χ1) is 9.51. The second-order valence-corrected chi connectivity index (χ2v) is 6.35. The Morgan fingerprint density at radius 2 is 1.95 bits per heavy atom. The molecule has 0 amide bonds. The Balaban J connectivity index is 2.26. The summed E-state index contributed by atoms with van der Waals surface area (Å²) in [6.45, 7) is 0. The van der Waals surface area contributed by atoms with Gasteiger partial charge in [0.15, 0.2) is 0 Å². The van der Waals surface area contributed by atoms with Crippen LogP contribution in [0.15, 0.2) is 41.3 Å². The molecule has 0 radical (unpaired) electrons. The number of hydrogen-bond donors (Lipinski definition) is 1. The summed E-state index contributed by atoms with van der Waals surface area (Å²) in [5, 5.41) is 9.70. The van der Waals surface area contributed by atoms with E-state index in [9.17, 15) is 4.21 Å². The maximum Gasteiger partial charge on any atom is 0.0992 e. The lowest BCUT2D eigenvalue weighted by atomic mass is 10.2. The van der Waals surface area contributed by atoms with E-state index in [0.29, 0.717) is 31.8 Å². The van der Waals surface area contributed by atoms with Crippen molar-refractivity contribution in [3.63, 3.8) is 0 Å². The van der Waals surface area contributed by atoms with Gasteiger partial charge in [-0.25, -0.2) is 0 Å². The van der Waals surface area contributed by atoms with Crippen LogP contribution >= 0.6 is 23.2 Å². The number of nitriles is 1. The van der Waals surface area contributed by atoms with E-state index in [1.54, 1.807) is 36.4 Å². The van der Waals surface area contributed by atoms with Gasteiger partial charge in [0.05, 0.1) is 33.1 Å². The maximum absolute atomic E-state index is 12.3. The summed E-state index contributed by atoms with van der Waals surface area (Å²) < 4.78 is 12.3. The second kappa shape index (κ2) is 6.27. The molecule has 6 heteroatoms. The average Bonchev–Trinajstić information content (AvgIpc) is 2.40. The minimum atomic E-state index is -1.32. The van der Waals surface area contributed by atoms with Crippen LogP contribution in [0.1, 0.15) is 11.1 Å². The second-order valence-electron chi connectivity index (χ2n) is 4.09. The van der Waals surface area contributed by atoms with Crippen molar-refractivity contribution in [2.24, 2.45) is 0 Å². The number of nitrogens with two attached hydrogens (primary N) is 1. The lowest BCUT2D eigenvalue weighted by Gasteiger charge is -2.08. The van der Waals surface area contributed by atoms with Crippen molar-refractivity contribution in [3.8, 4) is 6.07 Å². The molecule has 2 aromatic carbocycles. The van der Waals surface area contributed by atoms with Gasteiger partial charge in [-0.05, 0) is 35.9 Å². The van der Waals surface area contributed by atoms with Gasteiger partial charge in [-0.15, -0.1) is 0 Å². The number of anilines is 1. The predicted molar refractivity (Wildman–Crippen MR) is 82.1 cm³/mol. The summed E-state index contributed by atoms with van der Waals surface area (Å²) in [6, 6.07) is 11.8. The zero-order valence-electron chi connectivity index (χ0n) is 10.3. The molecule has 0 saturated carbocycles. The van der Waals surface area contributed by atoms with Gasteiger partial charge in [0.25, 0.3) is 0 Å². The molecule has 102 valence electrons. The molecule has 1 unspecified atom stereocenters. The SMILES string of the molecule is N#Cc1ccc(CS(=O)c2ccc(Cl)cc2N)c(Cl)c1. The van der Waals surface area contributed by atoms with Crippen LogP contribution in [0, 0.1) is 11.3 Å². The van der Waals surface area contributed by atoms with E-state index in [-0.39, 0.29) is 5.75 Å². The number of hydrogen-bond acceptors (Lipinski definition) is 3. The van der Waals surface area contributed by atoms with Crippen LogP contribution < -0.4 is 5.73 Å². The molecule has 1 atom stereocenters. The quantitative estimate of drug-likeness (QED) is 0.874. The van der Waals surface area contributed by atoms with Crippen molar-refractivity contribution in [3.05, 3.63) is 57.6 Å². The van der Waals surface area contributed by atoms with E-state index in [4.69, 9.17) is 34.2 Å². The van der Waals surface area contributed by atoms with E-state index in [1.807, 2.05) is 6.07 Å². The fraction of sp³-hybridized carbons (Fsp3) is 0.0714. The van der Waals surface area contributed by atoms with E-state index in [2.05, 4.69) is 0 Å². The molecule has 0 saturated heterocycles. The molecule has 0 bridgehead atoms. The Labute approximate surface area is 129 Å². The molecule has 3 nitrogen and oxygen atoms in total. The molecule has 0 aromatic heterocycles. The summed E-state index contributed by atoms with van der Waals surface area (Å²) in [7, 11) is -1.32. The van der Waals surface area contributed by atoms with Crippen LogP contribution in [0.5, 0.6) is 0 Å². The molecule has 0 aliphatic rings. The van der Waals surface area contributed by atoms with E-state index < -0.39 is 10.8 Å². The van der Waals surface area contributed by atoms with Gasteiger partial charge in [0, 0.05) is 15.7 Å². The van der Waals surface area contributed by atoms with Crippen LogP contribution in [0.3, 0.4) is 0 Å². The molecule has 2 rings (SSSR count). The van der Waals surface area contributed by atoms with Crippen LogP contribution in [0.2, 0.25) is 10.0 Å². The minimum Gasteiger partial charge on any atom is -0.398 e. The standard InChI is InChI=1S/C14H10Cl2N2OS/c15-11-3-4-14(13(18)6-11)20(19)8-10-2-1-9(7-17)5-12(10)16/h1-6H,8,18H2. The van der Waals surface area contributed by atoms with E-state index in [1.165, 1.54) is 0 Å². The maximum atomic E-state index is 12.3. The highest BCUT2D eigenvalue weighted by Gasteiger charge is 2.12. The van der Waals surface area contributed by atoms with Crippen molar-refractivity contribution in [1.82, 2.24) is 0 Å². The smallest absolute Gasteiger partial charge is 0.0992 e. The highest BCUT2D eigenvalue weighted by molar-refractivity contribution is 7.84. The first-order valence-electron chi connectivity index (χ1n) is 5.63. The Kier molecular flexibility index (Phi) is 4.66. The summed E-state index contributed by atoms with van der Waals surface area (Å²) >= 11 is 11.9. The van der Waals surface area contributed by atoms with Gasteiger partial charge in [0.1, 0.15) is 0 Å². The Morgan fingerprint density at radius 3 is 2.55 bits per heavy atom. The van der Waals surface area contributed by atoms with Crippen LogP contribution in [0.25, 0.3) is 0 Å². The van der Waals surface area contributed by atoms with Gasteiger partial charge in [-0.2, -0.15) is 5.26 Å². The first-order valence-corrected chi connectivity index (χ1v) is 7.70. The Morgan fingerprint density at radius 1 is 1.20 bits per heavy atom. The highest BCUT2D eigenvalue weighted by Crippen LogP contribution is 2.25. The van der Waals surface area contributed by atoms with Crippen molar-refractivity contribution in [2.45, 2.75) is 10.6 Å². The first kappa shape index (κ1) is 14.9. The molecule has 0 heterocycles. The third kappa shape index (κ3) is 3.31. The lowest BCUT2D eigenvalue weighted by Crippen LogP contribution is -2.01. The summed E-state index contributed by atoms with van der Waals surface area (Å²) in [5.74, 6) is 0.233. The molecule has 0 aliphatic carbocycles. The molecule has 2 N–H and O–H groups in total. The monoisotopic (exact) mass is 324 g/mol. The largest absolute Gasteiger partial charge is 0.398 e. The van der Waals surface area contributed by atoms with Gasteiger partial charge in [-0.1, -0.05) is 29.3 Å². The van der Waals surface area contributed by atoms with E-state index in [0.717, 1.165) is 0 Å². The zero-order valence-corrected chi connectivity index (χ0v) is 12.6. The highest BCUT2D eigenvalue weighted by atomic mass is 35.5. The molecular weight excluding hydrogens is 315 g/mol. The van der Waals surface area contributed by atoms with Gasteiger partial charge < -0.3 is 5.73 Å². The number of nitrogens with zero attached hydrogens (tertiary/aromatic N) is 1. The number of rotatable bonds is 3. The van der Waals surface area contributed by atoms with Crippen molar-refractivity contribution >= 4 is 39.7 Å². The van der Waals surface area contributed by atoms with Crippen molar-refractivity contribution < 1.29 is 4.21 Å². The fourth-order valence-corrected chi connectivity index (χ4v) is 3.42. The molecule has 20 heavy (non-hydrogen) atoms. The minimum absolute atomic E-state index is 0.233. The van der Waals surface area contributed by atoms with Crippen molar-refractivity contribution in [1.29, 1.82) is 5.26 Å². The third-order valence-corrected chi connectivity index (χ3v) is 4.71. The number of halogens is 2. The Hall–Kier alpha value is -1.54. The number of benzene rings is 2. The molecule has 2 aromatic rings. The summed E-state index contributed by atoms with van der Waals surface area (Å²) in [4.78, 5) is 0.523. The lowest BCUT2D eigenvalue weighted by molar-refractivity contribution is 0.683. The normalized spacial score (nSPS) is 11.8. The molecular formula is C14H10Cl2N2OS. The van der Waals surface area contributed by atoms with Gasteiger partial charge >= 0.3 is 0 Å². The average molecular weight is 325 g/mol. The van der Waals surface area contributed by atoms with Crippen molar-refractivity contribution in [2.75, 3.05) is 5.73 Å². The van der Waals surface area contributed by atoms with Gasteiger partial charge in [0.2, 0.25) is 0 Å².